The molecule has 1 heterocycles. The molecule has 1 aliphatic heterocycles. The van der Waals surface area contributed by atoms with Crippen molar-refractivity contribution in [3.05, 3.63) is 97.2 Å². The van der Waals surface area contributed by atoms with Crippen LogP contribution in [-0.2, 0) is 42.9 Å². The van der Waals surface area contributed by atoms with Crippen LogP contribution in [0, 0.1) is 0 Å². The third kappa shape index (κ3) is 42.3. The molecule has 1 rings (SSSR count). The lowest BCUT2D eigenvalue weighted by Crippen LogP contribution is -2.61. The summed E-state index contributed by atoms with van der Waals surface area (Å²) in [6.45, 7) is 5.76. The molecule has 0 radical (unpaired) electrons. The number of aliphatic hydroxyl groups excluding tert-OH is 2. The average molecular weight is 1080 g/mol. The van der Waals surface area contributed by atoms with Crippen molar-refractivity contribution in [1.82, 2.24) is 0 Å². The lowest BCUT2D eigenvalue weighted by atomic mass is 9.98. The van der Waals surface area contributed by atoms with Crippen molar-refractivity contribution in [1.29, 1.82) is 0 Å². The highest BCUT2D eigenvalue weighted by molar-refractivity contribution is 5.74. The van der Waals surface area contributed by atoms with Crippen molar-refractivity contribution >= 4 is 23.9 Å². The first-order chi connectivity index (χ1) is 37.6. The molecule has 0 saturated carbocycles. The van der Waals surface area contributed by atoms with E-state index >= 15 is 0 Å². The summed E-state index contributed by atoms with van der Waals surface area (Å²) >= 11 is 0. The molecule has 12 nitrogen and oxygen atoms in total. The predicted octanol–water partition coefficient (Wildman–Crippen LogP) is 15.7. The van der Waals surface area contributed by atoms with Crippen LogP contribution < -0.4 is 0 Å². The fourth-order valence-electron chi connectivity index (χ4n) is 8.49. The van der Waals surface area contributed by atoms with Gasteiger partial charge in [-0.15, -0.1) is 0 Å². The number of carbonyl (C=O) groups is 4. The first kappa shape index (κ1) is 70.7. The number of aliphatic carboxylic acids is 1. The number of carboxylic acid groups (broad SMARTS) is 1. The highest BCUT2D eigenvalue weighted by atomic mass is 16.7. The van der Waals surface area contributed by atoms with Crippen molar-refractivity contribution < 1.29 is 58.2 Å². The van der Waals surface area contributed by atoms with Gasteiger partial charge in [0.05, 0.1) is 6.61 Å². The highest BCUT2D eigenvalue weighted by Crippen LogP contribution is 2.26. The number of carbonyl (C=O) groups excluding carboxylic acids is 3. The summed E-state index contributed by atoms with van der Waals surface area (Å²) in [4.78, 5) is 51.1. The smallest absolute Gasteiger partial charge is 0.335 e. The van der Waals surface area contributed by atoms with Gasteiger partial charge in [-0.2, -0.15) is 0 Å². The lowest BCUT2D eigenvalue weighted by molar-refractivity contribution is -0.301. The highest BCUT2D eigenvalue weighted by Gasteiger charge is 2.50. The molecule has 1 aliphatic rings. The van der Waals surface area contributed by atoms with Gasteiger partial charge in [-0.05, 0) is 103 Å². The number of rotatable bonds is 50. The third-order valence-electron chi connectivity index (χ3n) is 13.1. The minimum Gasteiger partial charge on any atom is -0.479 e. The standard InChI is InChI=1S/C65H106O12/c1-4-7-10-13-16-19-22-24-26-28-29-31-32-34-37-39-42-45-48-51-57(66)73-54-56(75-58(67)52-49-46-43-40-36-21-18-15-12-9-6-3)55-74-65-63(61(70)60(69)62(77-65)64(71)72)76-59(68)53-50-47-44-41-38-35-33-30-27-25-23-20-17-14-11-8-5-2/h7,10,15-16,18-19,24-27,29,31,34,37,42,45,56,60-63,65,69-70H,4-6,8-9,11-14,17,20-23,28,30,32-33,35-36,38-41,43-44,46-55H2,1-3H3,(H,71,72)/b10-7-,18-15-,19-16-,26-24-,27-25-,31-29-,37-34-,45-42-. The summed E-state index contributed by atoms with van der Waals surface area (Å²) in [5.74, 6) is -3.25. The maximum atomic E-state index is 13.1. The largest absolute Gasteiger partial charge is 0.479 e. The Kier molecular flexibility index (Phi) is 48.0. The third-order valence-corrected chi connectivity index (χ3v) is 13.1. The van der Waals surface area contributed by atoms with Crippen molar-refractivity contribution in [2.24, 2.45) is 0 Å². The molecular weight excluding hydrogens is 973 g/mol. The Balaban J connectivity index is 2.71. The van der Waals surface area contributed by atoms with E-state index in [2.05, 4.69) is 106 Å². The van der Waals surface area contributed by atoms with Crippen molar-refractivity contribution in [2.75, 3.05) is 13.2 Å². The van der Waals surface area contributed by atoms with Crippen LogP contribution in [0.15, 0.2) is 97.2 Å². The molecular formula is C65H106O12. The first-order valence-corrected chi connectivity index (χ1v) is 30.2. The Labute approximate surface area is 466 Å². The van der Waals surface area contributed by atoms with Crippen molar-refractivity contribution in [2.45, 2.75) is 276 Å². The van der Waals surface area contributed by atoms with Gasteiger partial charge in [0.15, 0.2) is 24.6 Å². The van der Waals surface area contributed by atoms with E-state index in [-0.39, 0.29) is 25.9 Å². The van der Waals surface area contributed by atoms with Gasteiger partial charge in [0.2, 0.25) is 0 Å². The summed E-state index contributed by atoms with van der Waals surface area (Å²) < 4.78 is 28.3. The van der Waals surface area contributed by atoms with Gasteiger partial charge in [0, 0.05) is 19.3 Å². The van der Waals surface area contributed by atoms with E-state index in [0.717, 1.165) is 116 Å². The van der Waals surface area contributed by atoms with E-state index in [4.69, 9.17) is 23.7 Å². The molecule has 0 amide bonds. The fraction of sp³-hybridized carbons (Fsp3) is 0.692. The van der Waals surface area contributed by atoms with Crippen LogP contribution in [-0.4, -0.2) is 89.2 Å². The minimum atomic E-state index is -1.92. The topological polar surface area (TPSA) is 175 Å². The molecule has 0 bridgehead atoms. The zero-order valence-electron chi connectivity index (χ0n) is 48.2. The van der Waals surface area contributed by atoms with Gasteiger partial charge in [-0.1, -0.05) is 214 Å². The van der Waals surface area contributed by atoms with Crippen molar-refractivity contribution in [3.8, 4) is 0 Å². The maximum Gasteiger partial charge on any atom is 0.335 e. The zero-order chi connectivity index (χ0) is 56.1. The number of ether oxygens (including phenoxy) is 5. The maximum absolute atomic E-state index is 13.1. The molecule has 6 unspecified atom stereocenters. The van der Waals surface area contributed by atoms with Gasteiger partial charge in [0.25, 0.3) is 0 Å². The van der Waals surface area contributed by atoms with Crippen LogP contribution in [0.25, 0.3) is 0 Å². The number of hydrogen-bond donors (Lipinski definition) is 3. The van der Waals surface area contributed by atoms with Crippen molar-refractivity contribution in [3.63, 3.8) is 0 Å². The Morgan fingerprint density at radius 1 is 0.442 bits per heavy atom. The normalized spacial score (nSPS) is 18.7. The first-order valence-electron chi connectivity index (χ1n) is 30.2. The van der Waals surface area contributed by atoms with E-state index in [1.54, 1.807) is 0 Å². The number of carboxylic acids is 1. The molecule has 0 aromatic rings. The Morgan fingerprint density at radius 2 is 0.857 bits per heavy atom. The number of aliphatic hydroxyl groups is 2. The van der Waals surface area contributed by atoms with Gasteiger partial charge in [-0.3, -0.25) is 14.4 Å². The summed E-state index contributed by atoms with van der Waals surface area (Å²) in [6.07, 6.45) is 56.8. The lowest BCUT2D eigenvalue weighted by Gasteiger charge is -2.40. The molecule has 3 N–H and O–H groups in total. The van der Waals surface area contributed by atoms with Gasteiger partial charge < -0.3 is 39.0 Å². The molecule has 438 valence electrons. The van der Waals surface area contributed by atoms with E-state index in [1.165, 1.54) is 64.2 Å². The van der Waals surface area contributed by atoms with Crippen LogP contribution in [0.3, 0.4) is 0 Å². The second-order valence-corrected chi connectivity index (χ2v) is 20.2. The molecule has 12 heteroatoms. The Hall–Kier alpha value is -4.36. The summed E-state index contributed by atoms with van der Waals surface area (Å²) in [6, 6.07) is 0. The number of esters is 3. The van der Waals surface area contributed by atoms with Crippen LogP contribution in [0.1, 0.15) is 239 Å². The zero-order valence-corrected chi connectivity index (χ0v) is 48.2. The Morgan fingerprint density at radius 3 is 1.34 bits per heavy atom. The molecule has 6 atom stereocenters. The second kappa shape index (κ2) is 52.3. The monoisotopic (exact) mass is 1080 g/mol. The van der Waals surface area contributed by atoms with Gasteiger partial charge >= 0.3 is 23.9 Å². The van der Waals surface area contributed by atoms with Crippen LogP contribution in [0.4, 0.5) is 0 Å². The number of allylic oxidation sites excluding steroid dienone is 16. The molecule has 0 aromatic heterocycles. The van der Waals surface area contributed by atoms with Crippen LogP contribution >= 0.6 is 0 Å². The van der Waals surface area contributed by atoms with Crippen LogP contribution in [0.5, 0.6) is 0 Å². The summed E-state index contributed by atoms with van der Waals surface area (Å²) in [5.41, 5.74) is 0. The average Bonchev–Trinajstić information content (AvgIpc) is 3.41. The molecule has 1 fully saturated rings. The van der Waals surface area contributed by atoms with Gasteiger partial charge in [-0.25, -0.2) is 4.79 Å². The van der Waals surface area contributed by atoms with Gasteiger partial charge in [0.1, 0.15) is 18.8 Å². The summed E-state index contributed by atoms with van der Waals surface area (Å²) in [7, 11) is 0. The molecule has 77 heavy (non-hydrogen) atoms. The molecule has 0 spiro atoms. The Bertz CT molecular complexity index is 1710. The molecule has 0 aromatic carbocycles. The molecule has 1 saturated heterocycles. The predicted molar refractivity (Wildman–Crippen MR) is 312 cm³/mol. The SMILES string of the molecule is CC/C=C\C/C=C\C/C=C\C/C=C\C/C=C\C/C=C\CCC(=O)OCC(COC1OC(C(=O)O)C(O)C(O)C1OC(=O)CCCCCCCCC/C=C\CCCCCCCC)OC(=O)CCCCCCC/C=C\CCCC. The fourth-order valence-corrected chi connectivity index (χ4v) is 8.49. The van der Waals surface area contributed by atoms with E-state index in [0.29, 0.717) is 19.3 Å². The number of hydrogen-bond acceptors (Lipinski definition) is 11. The van der Waals surface area contributed by atoms with Crippen LogP contribution in [0.2, 0.25) is 0 Å². The minimum absolute atomic E-state index is 0.0443. The quantitative estimate of drug-likeness (QED) is 0.0228. The van der Waals surface area contributed by atoms with E-state index in [1.807, 2.05) is 12.2 Å². The van der Waals surface area contributed by atoms with E-state index < -0.39 is 67.3 Å². The van der Waals surface area contributed by atoms with E-state index in [9.17, 15) is 34.5 Å². The number of unbranched alkanes of at least 4 members (excludes halogenated alkanes) is 20. The summed E-state index contributed by atoms with van der Waals surface area (Å²) in [5, 5.41) is 31.5. The second-order valence-electron chi connectivity index (χ2n) is 20.2. The molecule has 0 aliphatic carbocycles.